The number of aliphatic hydroxyl groups is 1. The summed E-state index contributed by atoms with van der Waals surface area (Å²) in [4.78, 5) is 13.3. The lowest BCUT2D eigenvalue weighted by Crippen LogP contribution is -2.30. The summed E-state index contributed by atoms with van der Waals surface area (Å²) in [6, 6.07) is 1.58. The highest BCUT2D eigenvalue weighted by Gasteiger charge is 2.27. The van der Waals surface area contributed by atoms with Crippen molar-refractivity contribution < 1.29 is 18.7 Å². The fourth-order valence-corrected chi connectivity index (χ4v) is 1.84. The van der Waals surface area contributed by atoms with Gasteiger partial charge in [-0.05, 0) is 12.5 Å². The molecule has 1 aromatic rings. The summed E-state index contributed by atoms with van der Waals surface area (Å²) in [5.41, 5.74) is 5.30. The lowest BCUT2D eigenvalue weighted by molar-refractivity contribution is 0.0765. The molecule has 1 atom stereocenters. The Morgan fingerprint density at radius 3 is 2.65 bits per heavy atom. The van der Waals surface area contributed by atoms with Gasteiger partial charge in [-0.2, -0.15) is 0 Å². The Kier molecular flexibility index (Phi) is 2.97. The number of hydrogen-bond donors (Lipinski definition) is 2. The van der Waals surface area contributed by atoms with Gasteiger partial charge in [0.25, 0.3) is 5.91 Å². The lowest BCUT2D eigenvalue weighted by Gasteiger charge is -2.16. The van der Waals surface area contributed by atoms with E-state index in [4.69, 9.17) is 5.73 Å². The van der Waals surface area contributed by atoms with Crippen LogP contribution < -0.4 is 5.73 Å². The van der Waals surface area contributed by atoms with Crippen LogP contribution in [0.1, 0.15) is 16.8 Å². The van der Waals surface area contributed by atoms with Crippen LogP contribution in [-0.4, -0.2) is 35.1 Å². The van der Waals surface area contributed by atoms with E-state index in [9.17, 15) is 18.7 Å². The molecule has 1 fully saturated rings. The van der Waals surface area contributed by atoms with Gasteiger partial charge in [-0.25, -0.2) is 8.78 Å². The molecule has 0 aromatic heterocycles. The molecule has 0 radical (unpaired) electrons. The first kappa shape index (κ1) is 11.8. The van der Waals surface area contributed by atoms with E-state index in [1.165, 1.54) is 4.90 Å². The quantitative estimate of drug-likeness (QED) is 0.714. The molecule has 1 heterocycles. The van der Waals surface area contributed by atoms with Crippen molar-refractivity contribution in [2.75, 3.05) is 18.8 Å². The number of halogens is 2. The number of hydrogen-bond acceptors (Lipinski definition) is 3. The van der Waals surface area contributed by atoms with Gasteiger partial charge >= 0.3 is 0 Å². The maximum Gasteiger partial charge on any atom is 0.256 e. The van der Waals surface area contributed by atoms with Gasteiger partial charge in [0.2, 0.25) is 0 Å². The van der Waals surface area contributed by atoms with Crippen LogP contribution in [0, 0.1) is 11.6 Å². The molecule has 0 bridgehead atoms. The Balaban J connectivity index is 2.28. The molecule has 0 unspecified atom stereocenters. The van der Waals surface area contributed by atoms with Gasteiger partial charge in [-0.3, -0.25) is 4.79 Å². The standard InChI is InChI=1S/C11H12F2N2O2/c12-8-3-7(10(14)4-9(8)13)11(17)15-2-1-6(16)5-15/h3-4,6,16H,1-2,5,14H2/t6-/m0/s1. The van der Waals surface area contributed by atoms with Crippen LogP contribution in [0.15, 0.2) is 12.1 Å². The molecular weight excluding hydrogens is 230 g/mol. The molecule has 0 saturated carbocycles. The van der Waals surface area contributed by atoms with Crippen LogP contribution >= 0.6 is 0 Å². The van der Waals surface area contributed by atoms with Gasteiger partial charge in [-0.15, -0.1) is 0 Å². The van der Waals surface area contributed by atoms with E-state index in [1.807, 2.05) is 0 Å². The van der Waals surface area contributed by atoms with E-state index < -0.39 is 23.6 Å². The predicted molar refractivity (Wildman–Crippen MR) is 57.3 cm³/mol. The third-order valence-electron chi connectivity index (χ3n) is 2.77. The van der Waals surface area contributed by atoms with Crippen LogP contribution in [0.5, 0.6) is 0 Å². The smallest absolute Gasteiger partial charge is 0.256 e. The second-order valence-electron chi connectivity index (χ2n) is 4.05. The van der Waals surface area contributed by atoms with Crippen molar-refractivity contribution in [1.29, 1.82) is 0 Å². The zero-order chi connectivity index (χ0) is 12.6. The largest absolute Gasteiger partial charge is 0.398 e. The van der Waals surface area contributed by atoms with E-state index >= 15 is 0 Å². The number of anilines is 1. The molecule has 0 spiro atoms. The van der Waals surface area contributed by atoms with Crippen LogP contribution in [0.4, 0.5) is 14.5 Å². The third-order valence-corrected chi connectivity index (χ3v) is 2.77. The first-order chi connectivity index (χ1) is 7.99. The Hall–Kier alpha value is -1.69. The van der Waals surface area contributed by atoms with Gasteiger partial charge in [0.05, 0.1) is 11.7 Å². The van der Waals surface area contributed by atoms with Crippen LogP contribution in [0.3, 0.4) is 0 Å². The molecule has 92 valence electrons. The minimum Gasteiger partial charge on any atom is -0.398 e. The summed E-state index contributed by atoms with van der Waals surface area (Å²) in [6.45, 7) is 0.579. The fraction of sp³-hybridized carbons (Fsp3) is 0.364. The number of nitrogens with zero attached hydrogens (tertiary/aromatic N) is 1. The topological polar surface area (TPSA) is 66.6 Å². The maximum atomic E-state index is 13.0. The van der Waals surface area contributed by atoms with Gasteiger partial charge in [0.1, 0.15) is 0 Å². The molecule has 1 aliphatic heterocycles. The van der Waals surface area contributed by atoms with Crippen molar-refractivity contribution in [1.82, 2.24) is 4.90 Å². The van der Waals surface area contributed by atoms with Crippen LogP contribution in [0.2, 0.25) is 0 Å². The van der Waals surface area contributed by atoms with Crippen molar-refractivity contribution in [3.8, 4) is 0 Å². The number of benzene rings is 1. The minimum atomic E-state index is -1.11. The maximum absolute atomic E-state index is 13.0. The van der Waals surface area contributed by atoms with Crippen molar-refractivity contribution >= 4 is 11.6 Å². The number of rotatable bonds is 1. The highest BCUT2D eigenvalue weighted by atomic mass is 19.2. The molecule has 1 saturated heterocycles. The molecule has 3 N–H and O–H groups in total. The number of aliphatic hydroxyl groups excluding tert-OH is 1. The number of likely N-dealkylation sites (tertiary alicyclic amines) is 1. The Morgan fingerprint density at radius 1 is 1.41 bits per heavy atom. The van der Waals surface area contributed by atoms with Crippen LogP contribution in [-0.2, 0) is 0 Å². The number of β-amino-alcohol motifs (C(OH)–C–C–N with tert-alkyl or cyclic N) is 1. The average molecular weight is 242 g/mol. The summed E-state index contributed by atoms with van der Waals surface area (Å²) >= 11 is 0. The monoisotopic (exact) mass is 242 g/mol. The Morgan fingerprint density at radius 2 is 2.06 bits per heavy atom. The highest BCUT2D eigenvalue weighted by Crippen LogP contribution is 2.21. The molecule has 0 aliphatic carbocycles. The third kappa shape index (κ3) is 2.21. The van der Waals surface area contributed by atoms with Gasteiger partial charge in [0.15, 0.2) is 11.6 Å². The number of nitrogens with two attached hydrogens (primary N) is 1. The highest BCUT2D eigenvalue weighted by molar-refractivity contribution is 5.99. The molecule has 17 heavy (non-hydrogen) atoms. The van der Waals surface area contributed by atoms with E-state index in [0.29, 0.717) is 13.0 Å². The molecule has 6 heteroatoms. The molecular formula is C11H12F2N2O2. The molecule has 4 nitrogen and oxygen atoms in total. The molecule has 1 aromatic carbocycles. The molecule has 2 rings (SSSR count). The van der Waals surface area contributed by atoms with Gasteiger partial charge in [0, 0.05) is 24.8 Å². The average Bonchev–Trinajstić information content (AvgIpc) is 2.69. The summed E-state index contributed by atoms with van der Waals surface area (Å²) in [6.07, 6.45) is -0.0829. The number of nitrogen functional groups attached to an aromatic ring is 1. The second kappa shape index (κ2) is 4.29. The summed E-state index contributed by atoms with van der Waals surface area (Å²) in [7, 11) is 0. The first-order valence-corrected chi connectivity index (χ1v) is 5.21. The normalized spacial score (nSPS) is 19.7. The van der Waals surface area contributed by atoms with Crippen molar-refractivity contribution in [2.45, 2.75) is 12.5 Å². The van der Waals surface area contributed by atoms with E-state index in [0.717, 1.165) is 12.1 Å². The Labute approximate surface area is 96.6 Å². The van der Waals surface area contributed by atoms with E-state index in [1.54, 1.807) is 0 Å². The number of amides is 1. The summed E-state index contributed by atoms with van der Waals surface area (Å²) in [5.74, 6) is -2.68. The second-order valence-corrected chi connectivity index (χ2v) is 4.05. The summed E-state index contributed by atoms with van der Waals surface area (Å²) < 4.78 is 25.9. The molecule has 1 aliphatic rings. The fourth-order valence-electron chi connectivity index (χ4n) is 1.84. The van der Waals surface area contributed by atoms with Crippen molar-refractivity contribution in [3.63, 3.8) is 0 Å². The SMILES string of the molecule is Nc1cc(F)c(F)cc1C(=O)N1CC[C@H](O)C1. The zero-order valence-corrected chi connectivity index (χ0v) is 8.99. The van der Waals surface area contributed by atoms with E-state index in [-0.39, 0.29) is 17.8 Å². The van der Waals surface area contributed by atoms with Crippen LogP contribution in [0.25, 0.3) is 0 Å². The molecule has 1 amide bonds. The van der Waals surface area contributed by atoms with E-state index in [2.05, 4.69) is 0 Å². The summed E-state index contributed by atoms with van der Waals surface area (Å²) in [5, 5.41) is 9.30. The van der Waals surface area contributed by atoms with Crippen molar-refractivity contribution in [3.05, 3.63) is 29.3 Å². The van der Waals surface area contributed by atoms with Gasteiger partial charge < -0.3 is 15.7 Å². The Bertz CT molecular complexity index is 465. The first-order valence-electron chi connectivity index (χ1n) is 5.21. The lowest BCUT2D eigenvalue weighted by atomic mass is 10.1. The van der Waals surface area contributed by atoms with Gasteiger partial charge in [-0.1, -0.05) is 0 Å². The number of carbonyl (C=O) groups is 1. The number of carbonyl (C=O) groups excluding carboxylic acids is 1. The predicted octanol–water partition coefficient (Wildman–Crippen LogP) is 0.754. The minimum absolute atomic E-state index is 0.0713. The zero-order valence-electron chi connectivity index (χ0n) is 8.99. The van der Waals surface area contributed by atoms with Crippen molar-refractivity contribution in [2.24, 2.45) is 0 Å².